The normalized spacial score (nSPS) is 15.8. The molecule has 27 heavy (non-hydrogen) atoms. The predicted octanol–water partition coefficient (Wildman–Crippen LogP) is 3.21. The van der Waals surface area contributed by atoms with Crippen molar-refractivity contribution in [3.8, 4) is 0 Å². The molecule has 0 aromatic carbocycles. The smallest absolute Gasteiger partial charge is 0.267 e. The first kappa shape index (κ1) is 19.3. The molecule has 1 N–H and O–H groups in total. The molecule has 8 heteroatoms. The third-order valence-corrected chi connectivity index (χ3v) is 5.47. The Morgan fingerprint density at radius 2 is 2.19 bits per heavy atom. The molecule has 1 fully saturated rings. The van der Waals surface area contributed by atoms with E-state index in [4.69, 9.17) is 12.2 Å². The zero-order valence-corrected chi connectivity index (χ0v) is 16.8. The molecule has 3 rings (SSSR count). The van der Waals surface area contributed by atoms with Crippen LogP contribution >= 0.6 is 24.0 Å². The van der Waals surface area contributed by atoms with Gasteiger partial charge in [0.2, 0.25) is 0 Å². The van der Waals surface area contributed by atoms with Crippen molar-refractivity contribution in [1.82, 2.24) is 14.3 Å². The van der Waals surface area contributed by atoms with Crippen LogP contribution in [-0.2, 0) is 4.79 Å². The van der Waals surface area contributed by atoms with Crippen molar-refractivity contribution in [3.63, 3.8) is 0 Å². The number of thiocarbonyl (C=S) groups is 1. The SMILES string of the molecule is C=CCNc1nc2c(C)cccn2c(=O)c1/C=C1/SC(=S)N(CCC)C1=O. The second-order valence-electron chi connectivity index (χ2n) is 6.07. The number of anilines is 1. The van der Waals surface area contributed by atoms with Crippen LogP contribution in [0.3, 0.4) is 0 Å². The summed E-state index contributed by atoms with van der Waals surface area (Å²) in [6.07, 6.45) is 5.76. The Morgan fingerprint density at radius 3 is 2.89 bits per heavy atom. The Morgan fingerprint density at radius 1 is 1.41 bits per heavy atom. The summed E-state index contributed by atoms with van der Waals surface area (Å²) < 4.78 is 2.01. The van der Waals surface area contributed by atoms with Gasteiger partial charge in [0.25, 0.3) is 11.5 Å². The predicted molar refractivity (Wildman–Crippen MR) is 115 cm³/mol. The van der Waals surface area contributed by atoms with Crippen molar-refractivity contribution in [2.24, 2.45) is 0 Å². The number of fused-ring (bicyclic) bond motifs is 1. The number of carbonyl (C=O) groups excluding carboxylic acids is 1. The number of hydrogen-bond donors (Lipinski definition) is 1. The fraction of sp³-hybridized carbons (Fsp3) is 0.263. The Bertz CT molecular complexity index is 1030. The summed E-state index contributed by atoms with van der Waals surface area (Å²) in [6, 6.07) is 3.70. The van der Waals surface area contributed by atoms with Crippen LogP contribution in [0.1, 0.15) is 24.5 Å². The number of nitrogens with zero attached hydrogens (tertiary/aromatic N) is 3. The summed E-state index contributed by atoms with van der Waals surface area (Å²) in [5.41, 5.74) is 1.55. The average Bonchev–Trinajstić information content (AvgIpc) is 2.91. The van der Waals surface area contributed by atoms with Gasteiger partial charge in [0.15, 0.2) is 0 Å². The maximum absolute atomic E-state index is 13.1. The molecule has 0 atom stereocenters. The molecule has 1 aliphatic heterocycles. The molecule has 1 aliphatic rings. The van der Waals surface area contributed by atoms with Crippen LogP contribution < -0.4 is 10.9 Å². The molecule has 0 saturated carbocycles. The molecule has 0 radical (unpaired) electrons. The fourth-order valence-corrected chi connectivity index (χ4v) is 4.08. The first-order valence-electron chi connectivity index (χ1n) is 8.60. The van der Waals surface area contributed by atoms with Crippen LogP contribution in [0, 0.1) is 6.92 Å². The first-order chi connectivity index (χ1) is 13.0. The molecule has 140 valence electrons. The van der Waals surface area contributed by atoms with Gasteiger partial charge in [-0.2, -0.15) is 0 Å². The Hall–Kier alpha value is -2.45. The molecular weight excluding hydrogens is 380 g/mol. The molecule has 2 aromatic rings. The van der Waals surface area contributed by atoms with Crippen molar-refractivity contribution >= 4 is 51.7 Å². The van der Waals surface area contributed by atoms with E-state index in [1.165, 1.54) is 16.2 Å². The van der Waals surface area contributed by atoms with Gasteiger partial charge in [-0.1, -0.05) is 43.0 Å². The van der Waals surface area contributed by atoms with Crippen molar-refractivity contribution in [3.05, 3.63) is 57.4 Å². The molecule has 1 amide bonds. The Balaban J connectivity index is 2.17. The van der Waals surface area contributed by atoms with E-state index < -0.39 is 0 Å². The fourth-order valence-electron chi connectivity index (χ4n) is 2.79. The lowest BCUT2D eigenvalue weighted by molar-refractivity contribution is -0.122. The molecule has 1 saturated heterocycles. The number of rotatable bonds is 6. The average molecular weight is 401 g/mol. The van der Waals surface area contributed by atoms with E-state index >= 15 is 0 Å². The van der Waals surface area contributed by atoms with Crippen molar-refractivity contribution in [2.75, 3.05) is 18.4 Å². The van der Waals surface area contributed by atoms with Gasteiger partial charge in [0.05, 0.1) is 10.5 Å². The minimum atomic E-state index is -0.240. The highest BCUT2D eigenvalue weighted by atomic mass is 32.2. The number of nitrogens with one attached hydrogen (secondary N) is 1. The van der Waals surface area contributed by atoms with Gasteiger partial charge in [-0.3, -0.25) is 18.9 Å². The van der Waals surface area contributed by atoms with Gasteiger partial charge < -0.3 is 5.32 Å². The number of carbonyl (C=O) groups is 1. The highest BCUT2D eigenvalue weighted by molar-refractivity contribution is 8.26. The van der Waals surface area contributed by atoms with E-state index in [-0.39, 0.29) is 11.5 Å². The zero-order valence-electron chi connectivity index (χ0n) is 15.2. The van der Waals surface area contributed by atoms with Crippen LogP contribution in [0.5, 0.6) is 0 Å². The minimum Gasteiger partial charge on any atom is -0.366 e. The molecule has 6 nitrogen and oxygen atoms in total. The van der Waals surface area contributed by atoms with Gasteiger partial charge in [-0.25, -0.2) is 4.98 Å². The third-order valence-electron chi connectivity index (χ3n) is 4.09. The first-order valence-corrected chi connectivity index (χ1v) is 9.82. The van der Waals surface area contributed by atoms with E-state index in [0.717, 1.165) is 12.0 Å². The summed E-state index contributed by atoms with van der Waals surface area (Å²) in [5, 5.41) is 3.11. The van der Waals surface area contributed by atoms with Gasteiger partial charge in [0, 0.05) is 19.3 Å². The van der Waals surface area contributed by atoms with Crippen LogP contribution in [0.15, 0.2) is 40.7 Å². The molecule has 0 aliphatic carbocycles. The lowest BCUT2D eigenvalue weighted by Gasteiger charge is -2.12. The van der Waals surface area contributed by atoms with E-state index in [2.05, 4.69) is 16.9 Å². The lowest BCUT2D eigenvalue weighted by Crippen LogP contribution is -2.28. The van der Waals surface area contributed by atoms with Crippen molar-refractivity contribution in [1.29, 1.82) is 0 Å². The standard InChI is InChI=1S/C19H20N4O2S2/c1-4-8-20-15-13(11-14-18(25)23(9-5-2)19(26)27-14)17(24)22-10-6-7-12(3)16(22)21-15/h4,6-7,10-11,20H,1,5,8-9H2,2-3H3/b14-11+. The van der Waals surface area contributed by atoms with Gasteiger partial charge in [0.1, 0.15) is 15.8 Å². The summed E-state index contributed by atoms with van der Waals surface area (Å²) in [5.74, 6) is 0.255. The summed E-state index contributed by atoms with van der Waals surface area (Å²) in [4.78, 5) is 32.3. The number of amides is 1. The van der Waals surface area contributed by atoms with Gasteiger partial charge in [-0.15, -0.1) is 6.58 Å². The summed E-state index contributed by atoms with van der Waals surface area (Å²) >= 11 is 6.52. The van der Waals surface area contributed by atoms with Crippen LogP contribution in [-0.4, -0.2) is 37.6 Å². The largest absolute Gasteiger partial charge is 0.366 e. The topological polar surface area (TPSA) is 66.7 Å². The number of aryl methyl sites for hydroxylation is 1. The third kappa shape index (κ3) is 3.68. The van der Waals surface area contributed by atoms with E-state index in [0.29, 0.717) is 39.3 Å². The maximum Gasteiger partial charge on any atom is 0.267 e. The second-order valence-corrected chi connectivity index (χ2v) is 7.74. The van der Waals surface area contributed by atoms with E-state index in [1.807, 2.05) is 19.9 Å². The monoisotopic (exact) mass is 400 g/mol. The van der Waals surface area contributed by atoms with Crippen LogP contribution in [0.25, 0.3) is 11.7 Å². The quantitative estimate of drug-likeness (QED) is 0.456. The maximum atomic E-state index is 13.1. The molecule has 3 heterocycles. The zero-order chi connectivity index (χ0) is 19.6. The van der Waals surface area contributed by atoms with Crippen molar-refractivity contribution in [2.45, 2.75) is 20.3 Å². The van der Waals surface area contributed by atoms with Crippen LogP contribution in [0.2, 0.25) is 0 Å². The summed E-state index contributed by atoms with van der Waals surface area (Å²) in [7, 11) is 0. The van der Waals surface area contributed by atoms with E-state index in [9.17, 15) is 9.59 Å². The highest BCUT2D eigenvalue weighted by Crippen LogP contribution is 2.33. The Labute approximate surface area is 167 Å². The lowest BCUT2D eigenvalue weighted by atomic mass is 10.2. The number of aromatic nitrogens is 2. The number of hydrogen-bond acceptors (Lipinski definition) is 6. The number of thioether (sulfide) groups is 1. The molecule has 0 unspecified atom stereocenters. The Kier molecular flexibility index (Phi) is 5.76. The van der Waals surface area contributed by atoms with Crippen LogP contribution in [0.4, 0.5) is 5.82 Å². The van der Waals surface area contributed by atoms with Crippen molar-refractivity contribution < 1.29 is 4.79 Å². The second kappa shape index (κ2) is 8.06. The number of pyridine rings is 1. The van der Waals surface area contributed by atoms with Gasteiger partial charge >= 0.3 is 0 Å². The molecule has 0 bridgehead atoms. The minimum absolute atomic E-state index is 0.171. The van der Waals surface area contributed by atoms with Gasteiger partial charge in [-0.05, 0) is 31.1 Å². The highest BCUT2D eigenvalue weighted by Gasteiger charge is 2.31. The molecule has 0 spiro atoms. The van der Waals surface area contributed by atoms with E-state index in [1.54, 1.807) is 29.3 Å². The summed E-state index contributed by atoms with van der Waals surface area (Å²) in [6.45, 7) is 8.60. The molecular formula is C19H20N4O2S2. The molecule has 2 aromatic heterocycles.